The Bertz CT molecular complexity index is 962. The minimum absolute atomic E-state index is 0.154. The number of carbonyl (C=O) groups is 1. The molecule has 1 aromatic rings. The van der Waals surface area contributed by atoms with Gasteiger partial charge in [-0.05, 0) is 37.0 Å². The molecular formula is C25H34F3N5O3. The summed E-state index contributed by atoms with van der Waals surface area (Å²) in [4.78, 5) is 21.1. The maximum Gasteiger partial charge on any atom is 0.573 e. The largest absolute Gasteiger partial charge is 0.573 e. The number of nitrogens with one attached hydrogen (secondary N) is 1. The molecule has 8 nitrogen and oxygen atoms in total. The number of morpholine rings is 1. The van der Waals surface area contributed by atoms with E-state index in [0.717, 1.165) is 31.5 Å². The Labute approximate surface area is 209 Å². The molecule has 2 heterocycles. The van der Waals surface area contributed by atoms with Crippen LogP contribution in [0.2, 0.25) is 0 Å². The first kappa shape index (κ1) is 27.7. The number of hydrazone groups is 1. The monoisotopic (exact) mass is 509 g/mol. The number of likely N-dealkylation sites (tertiary alicyclic amines) is 1. The Balaban J connectivity index is 1.55. The number of hydrogen-bond donors (Lipinski definition) is 1. The van der Waals surface area contributed by atoms with Crippen molar-refractivity contribution in [2.24, 2.45) is 10.1 Å². The summed E-state index contributed by atoms with van der Waals surface area (Å²) in [5.74, 6) is 0.508. The highest BCUT2D eigenvalue weighted by Gasteiger charge is 2.31. The Kier molecular flexibility index (Phi) is 10.3. The average molecular weight is 510 g/mol. The van der Waals surface area contributed by atoms with Crippen molar-refractivity contribution in [1.29, 1.82) is 0 Å². The van der Waals surface area contributed by atoms with Gasteiger partial charge in [-0.15, -0.1) is 13.2 Å². The lowest BCUT2D eigenvalue weighted by Crippen LogP contribution is -2.46. The molecule has 0 bridgehead atoms. The van der Waals surface area contributed by atoms with Gasteiger partial charge in [-0.3, -0.25) is 15.1 Å². The molecule has 0 radical (unpaired) electrons. The molecule has 36 heavy (non-hydrogen) atoms. The van der Waals surface area contributed by atoms with Gasteiger partial charge in [0.2, 0.25) is 5.91 Å². The van der Waals surface area contributed by atoms with E-state index in [4.69, 9.17) is 4.74 Å². The molecule has 2 aliphatic rings. The number of halogens is 3. The molecule has 3 rings (SSSR count). The maximum absolute atomic E-state index is 12.6. The van der Waals surface area contributed by atoms with Crippen LogP contribution in [0.15, 0.2) is 46.1 Å². The zero-order valence-corrected chi connectivity index (χ0v) is 20.8. The first-order chi connectivity index (χ1) is 17.3. The number of aliphatic imine (C=N–C) groups is 1. The summed E-state index contributed by atoms with van der Waals surface area (Å²) < 4.78 is 47.0. The van der Waals surface area contributed by atoms with E-state index in [1.165, 1.54) is 18.2 Å². The van der Waals surface area contributed by atoms with Crippen molar-refractivity contribution < 1.29 is 27.4 Å². The Morgan fingerprint density at radius 1 is 1.14 bits per heavy atom. The average Bonchev–Trinajstić information content (AvgIpc) is 2.86. The third-order valence-electron chi connectivity index (χ3n) is 6.01. The minimum atomic E-state index is -4.75. The predicted octanol–water partition coefficient (Wildman–Crippen LogP) is 3.94. The van der Waals surface area contributed by atoms with E-state index in [2.05, 4.69) is 25.2 Å². The van der Waals surface area contributed by atoms with Gasteiger partial charge in [0.1, 0.15) is 11.6 Å². The summed E-state index contributed by atoms with van der Waals surface area (Å²) in [6.45, 7) is 8.54. The topological polar surface area (TPSA) is 78.8 Å². The number of alkyl halides is 3. The second-order valence-electron chi connectivity index (χ2n) is 8.59. The summed E-state index contributed by atoms with van der Waals surface area (Å²) in [6, 6.07) is 5.76. The van der Waals surface area contributed by atoms with Gasteiger partial charge in [0.05, 0.1) is 25.5 Å². The fraction of sp³-hybridized carbons (Fsp3) is 0.560. The Hall–Kier alpha value is -2.92. The van der Waals surface area contributed by atoms with Gasteiger partial charge >= 0.3 is 6.36 Å². The third kappa shape index (κ3) is 8.94. The molecule has 0 spiro atoms. The standard InChI is InChI=1S/C25H34F3N5O3/c1-3-22(20-6-5-7-21(16-20)36-25(26,27)28)30-31-23(4-2)29-17-19-8-10-33(11-9-19)24(34)18-32-12-14-35-15-13-32/h5-7,16-17H,3-4,8-15,18H2,1-2H3,(H,29,31)/b30-22+. The van der Waals surface area contributed by atoms with E-state index >= 15 is 0 Å². The van der Waals surface area contributed by atoms with Crippen molar-refractivity contribution in [2.75, 3.05) is 45.9 Å². The van der Waals surface area contributed by atoms with Gasteiger partial charge in [0.15, 0.2) is 0 Å². The molecular weight excluding hydrogens is 475 g/mol. The van der Waals surface area contributed by atoms with Gasteiger partial charge in [-0.1, -0.05) is 26.0 Å². The third-order valence-corrected chi connectivity index (χ3v) is 6.01. The lowest BCUT2D eigenvalue weighted by molar-refractivity contribution is -0.274. The molecule has 2 aliphatic heterocycles. The second-order valence-corrected chi connectivity index (χ2v) is 8.59. The lowest BCUT2D eigenvalue weighted by atomic mass is 10.1. The van der Waals surface area contributed by atoms with Crippen LogP contribution < -0.4 is 10.2 Å². The molecule has 1 N–H and O–H groups in total. The molecule has 0 aliphatic carbocycles. The summed E-state index contributed by atoms with van der Waals surface area (Å²) in [5.41, 5.74) is 5.23. The van der Waals surface area contributed by atoms with Crippen molar-refractivity contribution >= 4 is 17.5 Å². The van der Waals surface area contributed by atoms with Crippen LogP contribution in [0.4, 0.5) is 13.2 Å². The zero-order chi connectivity index (χ0) is 26.0. The van der Waals surface area contributed by atoms with E-state index in [-0.39, 0.29) is 11.7 Å². The van der Waals surface area contributed by atoms with Crippen molar-refractivity contribution in [1.82, 2.24) is 15.2 Å². The van der Waals surface area contributed by atoms with Gasteiger partial charge in [0, 0.05) is 44.4 Å². The fourth-order valence-corrected chi connectivity index (χ4v) is 3.94. The van der Waals surface area contributed by atoms with Gasteiger partial charge in [-0.25, -0.2) is 4.99 Å². The van der Waals surface area contributed by atoms with Gasteiger partial charge in [-0.2, -0.15) is 5.10 Å². The first-order valence-corrected chi connectivity index (χ1v) is 12.3. The van der Waals surface area contributed by atoms with E-state index in [0.29, 0.717) is 62.8 Å². The number of piperidine rings is 1. The number of amides is 1. The van der Waals surface area contributed by atoms with E-state index in [1.54, 1.807) is 6.07 Å². The van der Waals surface area contributed by atoms with Crippen molar-refractivity contribution in [2.45, 2.75) is 45.9 Å². The molecule has 0 atom stereocenters. The molecule has 198 valence electrons. The van der Waals surface area contributed by atoms with Gasteiger partial charge in [0.25, 0.3) is 0 Å². The van der Waals surface area contributed by atoms with Crippen molar-refractivity contribution in [3.8, 4) is 5.75 Å². The first-order valence-electron chi connectivity index (χ1n) is 12.3. The number of hydrogen-bond acceptors (Lipinski definition) is 6. The summed E-state index contributed by atoms with van der Waals surface area (Å²) in [5, 5.41) is 4.38. The molecule has 0 saturated carbocycles. The van der Waals surface area contributed by atoms with Crippen LogP contribution in [-0.4, -0.2) is 79.6 Å². The van der Waals surface area contributed by atoms with Crippen LogP contribution >= 0.6 is 0 Å². The summed E-state index contributed by atoms with van der Waals surface area (Å²) >= 11 is 0. The van der Waals surface area contributed by atoms with E-state index in [1.807, 2.05) is 24.9 Å². The number of ether oxygens (including phenoxy) is 2. The molecule has 2 fully saturated rings. The predicted molar refractivity (Wildman–Crippen MR) is 132 cm³/mol. The lowest BCUT2D eigenvalue weighted by Gasteiger charge is -2.32. The van der Waals surface area contributed by atoms with Crippen molar-refractivity contribution in [3.05, 3.63) is 41.6 Å². The second kappa shape index (κ2) is 13.4. The molecule has 0 unspecified atom stereocenters. The summed E-state index contributed by atoms with van der Waals surface area (Å²) in [6.07, 6.45) is -0.271. The molecule has 0 aromatic heterocycles. The van der Waals surface area contributed by atoms with E-state index in [9.17, 15) is 18.0 Å². The number of carbonyl (C=O) groups excluding carboxylic acids is 1. The maximum atomic E-state index is 12.6. The Morgan fingerprint density at radius 2 is 1.86 bits per heavy atom. The van der Waals surface area contributed by atoms with Crippen LogP contribution in [0.25, 0.3) is 0 Å². The normalized spacial score (nSPS) is 18.2. The van der Waals surface area contributed by atoms with Crippen LogP contribution in [-0.2, 0) is 9.53 Å². The number of nitrogens with zero attached hydrogens (tertiary/aromatic N) is 4. The highest BCUT2D eigenvalue weighted by molar-refractivity contribution is 6.01. The minimum Gasteiger partial charge on any atom is -0.406 e. The highest BCUT2D eigenvalue weighted by Crippen LogP contribution is 2.24. The van der Waals surface area contributed by atoms with Crippen LogP contribution in [0.5, 0.6) is 5.75 Å². The number of rotatable bonds is 8. The Morgan fingerprint density at radius 3 is 2.50 bits per heavy atom. The summed E-state index contributed by atoms with van der Waals surface area (Å²) in [7, 11) is 0. The zero-order valence-electron chi connectivity index (χ0n) is 20.8. The molecule has 1 aromatic carbocycles. The highest BCUT2D eigenvalue weighted by atomic mass is 19.4. The number of amidine groups is 1. The molecule has 1 amide bonds. The van der Waals surface area contributed by atoms with E-state index < -0.39 is 6.36 Å². The number of benzene rings is 1. The van der Waals surface area contributed by atoms with Crippen LogP contribution in [0.3, 0.4) is 0 Å². The van der Waals surface area contributed by atoms with Gasteiger partial charge < -0.3 is 14.4 Å². The van der Waals surface area contributed by atoms with Crippen LogP contribution in [0, 0.1) is 0 Å². The molecule has 2 saturated heterocycles. The van der Waals surface area contributed by atoms with Crippen LogP contribution in [0.1, 0.15) is 45.1 Å². The fourth-order valence-electron chi connectivity index (χ4n) is 3.94. The quantitative estimate of drug-likeness (QED) is 0.326. The SMILES string of the molecule is CCC(=NC=C1CCN(C(=O)CN2CCOCC2)CC1)N/N=C(\CC)c1cccc(OC(F)(F)F)c1. The van der Waals surface area contributed by atoms with Crippen molar-refractivity contribution in [3.63, 3.8) is 0 Å². The smallest absolute Gasteiger partial charge is 0.406 e. The molecule has 11 heteroatoms.